The van der Waals surface area contributed by atoms with Gasteiger partial charge in [0.2, 0.25) is 0 Å². The molecule has 1 aromatic rings. The third-order valence-electron chi connectivity index (χ3n) is 3.64. The monoisotopic (exact) mass is 272 g/mol. The normalized spacial score (nSPS) is 16.8. The van der Waals surface area contributed by atoms with Gasteiger partial charge in [0.1, 0.15) is 0 Å². The molecule has 0 aliphatic carbocycles. The van der Waals surface area contributed by atoms with E-state index in [0.717, 1.165) is 32.5 Å². The van der Waals surface area contributed by atoms with Gasteiger partial charge in [0.25, 0.3) is 0 Å². The van der Waals surface area contributed by atoms with Gasteiger partial charge in [0.15, 0.2) is 5.78 Å². The average molecular weight is 272 g/mol. The van der Waals surface area contributed by atoms with Crippen LogP contribution in [0.15, 0.2) is 24.3 Å². The van der Waals surface area contributed by atoms with E-state index in [0.29, 0.717) is 23.8 Å². The maximum Gasteiger partial charge on any atom is 0.176 e. The van der Waals surface area contributed by atoms with Crippen LogP contribution in [0.5, 0.6) is 0 Å². The van der Waals surface area contributed by atoms with E-state index in [1.807, 2.05) is 6.92 Å². The Hall–Kier alpha value is -1.70. The number of Topliss-reactive ketones (excluding diaryl/α,β-unsaturated/α-hetero) is 1. The van der Waals surface area contributed by atoms with E-state index in [4.69, 9.17) is 10.00 Å². The standard InChI is InChI=1S/C16H20N2O2/c1-2-20-15-7-9-18(10-8-15)12-16(19)14-5-3-13(11-17)4-6-14/h3-6,15H,2,7-10,12H2,1H3. The van der Waals surface area contributed by atoms with Crippen LogP contribution in [0.3, 0.4) is 0 Å². The fraction of sp³-hybridized carbons (Fsp3) is 0.500. The first-order valence-corrected chi connectivity index (χ1v) is 7.10. The zero-order valence-electron chi connectivity index (χ0n) is 11.8. The van der Waals surface area contributed by atoms with Gasteiger partial charge in [-0.1, -0.05) is 12.1 Å². The molecule has 2 rings (SSSR count). The van der Waals surface area contributed by atoms with Gasteiger partial charge in [-0.15, -0.1) is 0 Å². The van der Waals surface area contributed by atoms with Crippen LogP contribution in [0.2, 0.25) is 0 Å². The van der Waals surface area contributed by atoms with Crippen molar-refractivity contribution in [3.8, 4) is 6.07 Å². The predicted molar refractivity (Wildman–Crippen MR) is 76.6 cm³/mol. The number of piperidine rings is 1. The molecular weight excluding hydrogens is 252 g/mol. The summed E-state index contributed by atoms with van der Waals surface area (Å²) in [6.07, 6.45) is 2.34. The van der Waals surface area contributed by atoms with E-state index in [2.05, 4.69) is 11.0 Å². The molecule has 1 fully saturated rings. The van der Waals surface area contributed by atoms with Gasteiger partial charge in [-0.25, -0.2) is 0 Å². The number of nitrogens with zero attached hydrogens (tertiary/aromatic N) is 2. The highest BCUT2D eigenvalue weighted by Gasteiger charge is 2.21. The molecule has 4 heteroatoms. The molecule has 0 amide bonds. The van der Waals surface area contributed by atoms with Gasteiger partial charge in [0.05, 0.1) is 24.3 Å². The minimum absolute atomic E-state index is 0.115. The molecule has 1 saturated heterocycles. The number of carbonyl (C=O) groups excluding carboxylic acids is 1. The first-order valence-electron chi connectivity index (χ1n) is 7.10. The number of rotatable bonds is 5. The minimum Gasteiger partial charge on any atom is -0.378 e. The highest BCUT2D eigenvalue weighted by Crippen LogP contribution is 2.14. The van der Waals surface area contributed by atoms with Crippen LogP contribution < -0.4 is 0 Å². The summed E-state index contributed by atoms with van der Waals surface area (Å²) in [4.78, 5) is 14.3. The molecule has 1 aliphatic heterocycles. The Balaban J connectivity index is 1.84. The van der Waals surface area contributed by atoms with Crippen molar-refractivity contribution in [2.45, 2.75) is 25.9 Å². The summed E-state index contributed by atoms with van der Waals surface area (Å²) in [5.74, 6) is 0.115. The zero-order valence-corrected chi connectivity index (χ0v) is 11.8. The van der Waals surface area contributed by atoms with Crippen LogP contribution in [0.4, 0.5) is 0 Å². The number of hydrogen-bond donors (Lipinski definition) is 0. The maximum absolute atomic E-state index is 12.2. The fourth-order valence-corrected chi connectivity index (χ4v) is 2.49. The van der Waals surface area contributed by atoms with Crippen molar-refractivity contribution in [1.29, 1.82) is 5.26 Å². The van der Waals surface area contributed by atoms with Crippen molar-refractivity contribution < 1.29 is 9.53 Å². The second-order valence-electron chi connectivity index (χ2n) is 5.04. The molecule has 0 spiro atoms. The first-order chi connectivity index (χ1) is 9.72. The Morgan fingerprint density at radius 1 is 1.35 bits per heavy atom. The number of likely N-dealkylation sites (tertiary alicyclic amines) is 1. The van der Waals surface area contributed by atoms with Crippen LogP contribution in [-0.2, 0) is 4.74 Å². The van der Waals surface area contributed by atoms with Crippen LogP contribution in [-0.4, -0.2) is 43.0 Å². The van der Waals surface area contributed by atoms with Crippen LogP contribution >= 0.6 is 0 Å². The van der Waals surface area contributed by atoms with Crippen LogP contribution in [0.1, 0.15) is 35.7 Å². The third kappa shape index (κ3) is 3.89. The summed E-state index contributed by atoms with van der Waals surface area (Å²) in [5, 5.41) is 8.74. The largest absolute Gasteiger partial charge is 0.378 e. The van der Waals surface area contributed by atoms with Crippen molar-refractivity contribution >= 4 is 5.78 Å². The lowest BCUT2D eigenvalue weighted by Crippen LogP contribution is -2.39. The van der Waals surface area contributed by atoms with Gasteiger partial charge in [-0.3, -0.25) is 9.69 Å². The van der Waals surface area contributed by atoms with Gasteiger partial charge in [0, 0.05) is 25.3 Å². The van der Waals surface area contributed by atoms with E-state index in [-0.39, 0.29) is 5.78 Å². The SMILES string of the molecule is CCOC1CCN(CC(=O)c2ccc(C#N)cc2)CC1. The van der Waals surface area contributed by atoms with Crippen molar-refractivity contribution in [3.63, 3.8) is 0 Å². The van der Waals surface area contributed by atoms with Crippen molar-refractivity contribution in [1.82, 2.24) is 4.90 Å². The predicted octanol–water partition coefficient (Wildman–Crippen LogP) is 2.24. The summed E-state index contributed by atoms with van der Waals surface area (Å²) in [6.45, 7) is 5.04. The number of nitriles is 1. The maximum atomic E-state index is 12.2. The van der Waals surface area contributed by atoms with Crippen molar-refractivity contribution in [2.75, 3.05) is 26.2 Å². The van der Waals surface area contributed by atoms with E-state index in [1.165, 1.54) is 0 Å². The summed E-state index contributed by atoms with van der Waals surface area (Å²) >= 11 is 0. The summed E-state index contributed by atoms with van der Waals surface area (Å²) < 4.78 is 5.60. The van der Waals surface area contributed by atoms with E-state index >= 15 is 0 Å². The van der Waals surface area contributed by atoms with E-state index in [1.54, 1.807) is 24.3 Å². The second-order valence-corrected chi connectivity index (χ2v) is 5.04. The number of ether oxygens (including phenoxy) is 1. The Morgan fingerprint density at radius 3 is 2.55 bits per heavy atom. The highest BCUT2D eigenvalue weighted by atomic mass is 16.5. The Bertz CT molecular complexity index is 482. The summed E-state index contributed by atoms with van der Waals surface area (Å²) in [6, 6.07) is 8.89. The summed E-state index contributed by atoms with van der Waals surface area (Å²) in [5.41, 5.74) is 1.26. The molecular formula is C16H20N2O2. The minimum atomic E-state index is 0.115. The van der Waals surface area contributed by atoms with Gasteiger partial charge in [-0.05, 0) is 31.9 Å². The van der Waals surface area contributed by atoms with Crippen LogP contribution in [0, 0.1) is 11.3 Å². The molecule has 0 bridgehead atoms. The molecule has 1 aliphatic rings. The second kappa shape index (κ2) is 7.18. The Labute approximate surface area is 120 Å². The molecule has 1 heterocycles. The number of hydrogen-bond acceptors (Lipinski definition) is 4. The molecule has 0 aromatic heterocycles. The topological polar surface area (TPSA) is 53.3 Å². The lowest BCUT2D eigenvalue weighted by Gasteiger charge is -2.31. The molecule has 4 nitrogen and oxygen atoms in total. The molecule has 0 radical (unpaired) electrons. The molecule has 1 aromatic carbocycles. The molecule has 0 atom stereocenters. The zero-order chi connectivity index (χ0) is 14.4. The Kier molecular flexibility index (Phi) is 5.28. The molecule has 20 heavy (non-hydrogen) atoms. The van der Waals surface area contributed by atoms with Crippen LogP contribution in [0.25, 0.3) is 0 Å². The first kappa shape index (κ1) is 14.7. The smallest absolute Gasteiger partial charge is 0.176 e. The fourth-order valence-electron chi connectivity index (χ4n) is 2.49. The van der Waals surface area contributed by atoms with Gasteiger partial charge < -0.3 is 4.74 Å². The molecule has 106 valence electrons. The average Bonchev–Trinajstić information content (AvgIpc) is 2.49. The highest BCUT2D eigenvalue weighted by molar-refractivity contribution is 5.97. The van der Waals surface area contributed by atoms with Crippen molar-refractivity contribution in [2.24, 2.45) is 0 Å². The van der Waals surface area contributed by atoms with Gasteiger partial charge in [-0.2, -0.15) is 5.26 Å². The van der Waals surface area contributed by atoms with E-state index < -0.39 is 0 Å². The lowest BCUT2D eigenvalue weighted by molar-refractivity contribution is 0.0147. The Morgan fingerprint density at radius 2 is 2.00 bits per heavy atom. The van der Waals surface area contributed by atoms with Gasteiger partial charge >= 0.3 is 0 Å². The summed E-state index contributed by atoms with van der Waals surface area (Å²) in [7, 11) is 0. The quantitative estimate of drug-likeness (QED) is 0.771. The van der Waals surface area contributed by atoms with E-state index in [9.17, 15) is 4.79 Å². The molecule has 0 unspecified atom stereocenters. The number of ketones is 1. The molecule has 0 saturated carbocycles. The lowest BCUT2D eigenvalue weighted by atomic mass is 10.0. The number of benzene rings is 1. The third-order valence-corrected chi connectivity index (χ3v) is 3.64. The number of carbonyl (C=O) groups is 1. The van der Waals surface area contributed by atoms with Crippen molar-refractivity contribution in [3.05, 3.63) is 35.4 Å². The molecule has 0 N–H and O–H groups in total.